The largest absolute Gasteiger partial charge is 0.340 e. The topological polar surface area (TPSA) is 42.3 Å². The Bertz CT molecular complexity index is 1460. The number of benzene rings is 3. The minimum Gasteiger partial charge on any atom is -0.340 e. The molecule has 1 saturated heterocycles. The molecule has 34 heavy (non-hydrogen) atoms. The fourth-order valence-corrected chi connectivity index (χ4v) is 5.00. The van der Waals surface area contributed by atoms with Crippen LogP contribution in [0.4, 0.5) is 13.6 Å². The molecule has 1 aliphatic heterocycles. The highest BCUT2D eigenvalue weighted by Gasteiger charge is 2.35. The molecular weight excluding hydrogens is 454 g/mol. The number of aromatic nitrogens is 1. The van der Waals surface area contributed by atoms with Crippen molar-refractivity contribution in [2.75, 3.05) is 0 Å². The van der Waals surface area contributed by atoms with E-state index < -0.39 is 0 Å². The van der Waals surface area contributed by atoms with E-state index in [4.69, 9.17) is 0 Å². The molecule has 0 spiro atoms. The van der Waals surface area contributed by atoms with Crippen LogP contribution < -0.4 is 0 Å². The fraction of sp³-hybridized carbons (Fsp3) is 0.111. The van der Waals surface area contributed by atoms with Gasteiger partial charge in [0.1, 0.15) is 11.6 Å². The summed E-state index contributed by atoms with van der Waals surface area (Å²) in [4.78, 5) is 27.1. The van der Waals surface area contributed by atoms with Crippen molar-refractivity contribution in [2.24, 2.45) is 0 Å². The molecule has 1 aromatic heterocycles. The maximum atomic E-state index is 14.3. The van der Waals surface area contributed by atoms with E-state index in [-0.39, 0.29) is 29.3 Å². The van der Waals surface area contributed by atoms with Gasteiger partial charge in [-0.1, -0.05) is 48.5 Å². The number of halogens is 2. The van der Waals surface area contributed by atoms with Crippen molar-refractivity contribution >= 4 is 39.9 Å². The van der Waals surface area contributed by atoms with Crippen LogP contribution in [0.1, 0.15) is 22.4 Å². The second-order valence-electron chi connectivity index (χ2n) is 8.09. The van der Waals surface area contributed by atoms with Crippen LogP contribution in [0.3, 0.4) is 0 Å². The van der Waals surface area contributed by atoms with E-state index in [1.165, 1.54) is 18.2 Å². The smallest absolute Gasteiger partial charge is 0.293 e. The number of nitrogens with zero attached hydrogens (tertiary/aromatic N) is 2. The van der Waals surface area contributed by atoms with Crippen LogP contribution in [0.2, 0.25) is 0 Å². The number of fused-ring (bicyclic) bond motifs is 1. The third-order valence-corrected chi connectivity index (χ3v) is 6.88. The van der Waals surface area contributed by atoms with Gasteiger partial charge in [0.2, 0.25) is 0 Å². The molecule has 0 unspecified atom stereocenters. The molecule has 0 saturated carbocycles. The van der Waals surface area contributed by atoms with Crippen molar-refractivity contribution in [1.82, 2.24) is 9.47 Å². The number of para-hydroxylation sites is 1. The normalized spacial score (nSPS) is 15.1. The molecule has 7 heteroatoms. The number of hydrogen-bond acceptors (Lipinski definition) is 3. The maximum absolute atomic E-state index is 14.3. The first-order chi connectivity index (χ1) is 16.4. The zero-order valence-electron chi connectivity index (χ0n) is 18.3. The molecule has 4 aromatic rings. The third kappa shape index (κ3) is 4.03. The second kappa shape index (κ2) is 8.91. The Labute approximate surface area is 199 Å². The van der Waals surface area contributed by atoms with Gasteiger partial charge in [0.25, 0.3) is 11.1 Å². The summed E-state index contributed by atoms with van der Waals surface area (Å²) in [6.07, 6.45) is 1.74. The number of rotatable bonds is 5. The maximum Gasteiger partial charge on any atom is 0.293 e. The Kier molecular flexibility index (Phi) is 5.79. The molecule has 0 aliphatic carbocycles. The van der Waals surface area contributed by atoms with Gasteiger partial charge in [0.15, 0.2) is 0 Å². The first-order valence-corrected chi connectivity index (χ1v) is 11.5. The Morgan fingerprint density at radius 3 is 2.35 bits per heavy atom. The van der Waals surface area contributed by atoms with Crippen LogP contribution in [0.5, 0.6) is 0 Å². The molecule has 1 aliphatic rings. The van der Waals surface area contributed by atoms with Gasteiger partial charge >= 0.3 is 0 Å². The van der Waals surface area contributed by atoms with Crippen LogP contribution in [-0.4, -0.2) is 20.6 Å². The van der Waals surface area contributed by atoms with Crippen molar-refractivity contribution in [2.45, 2.75) is 20.0 Å². The highest BCUT2D eigenvalue weighted by atomic mass is 32.2. The average Bonchev–Trinajstić information content (AvgIpc) is 3.25. The monoisotopic (exact) mass is 474 g/mol. The average molecular weight is 475 g/mol. The van der Waals surface area contributed by atoms with Crippen molar-refractivity contribution < 1.29 is 18.4 Å². The number of imide groups is 1. The van der Waals surface area contributed by atoms with Gasteiger partial charge in [-0.25, -0.2) is 8.78 Å². The molecule has 0 N–H and O–H groups in total. The van der Waals surface area contributed by atoms with E-state index in [2.05, 4.69) is 0 Å². The van der Waals surface area contributed by atoms with Crippen molar-refractivity contribution in [1.29, 1.82) is 0 Å². The lowest BCUT2D eigenvalue weighted by Crippen LogP contribution is -2.27. The van der Waals surface area contributed by atoms with E-state index in [1.54, 1.807) is 36.4 Å². The van der Waals surface area contributed by atoms with Crippen molar-refractivity contribution in [3.63, 3.8) is 0 Å². The number of thioether (sulfide) groups is 1. The first-order valence-electron chi connectivity index (χ1n) is 10.7. The zero-order chi connectivity index (χ0) is 23.8. The molecular formula is C27H20F2N2O2S. The minimum atomic E-state index is -0.385. The van der Waals surface area contributed by atoms with E-state index in [0.717, 1.165) is 38.8 Å². The van der Waals surface area contributed by atoms with Gasteiger partial charge in [-0.15, -0.1) is 0 Å². The van der Waals surface area contributed by atoms with Gasteiger partial charge in [0, 0.05) is 27.7 Å². The number of carbonyl (C=O) groups excluding carboxylic acids is 2. The van der Waals surface area contributed by atoms with Gasteiger partial charge in [-0.3, -0.25) is 14.5 Å². The van der Waals surface area contributed by atoms with Crippen LogP contribution >= 0.6 is 11.8 Å². The predicted molar refractivity (Wildman–Crippen MR) is 130 cm³/mol. The molecule has 2 amide bonds. The summed E-state index contributed by atoms with van der Waals surface area (Å²) in [6.45, 7) is 2.35. The minimum absolute atomic E-state index is 0.0797. The van der Waals surface area contributed by atoms with E-state index in [9.17, 15) is 18.4 Å². The molecule has 4 nitrogen and oxygen atoms in total. The van der Waals surface area contributed by atoms with Gasteiger partial charge in [0.05, 0.1) is 18.0 Å². The molecule has 3 aromatic carbocycles. The summed E-state index contributed by atoms with van der Waals surface area (Å²) >= 11 is 0.887. The van der Waals surface area contributed by atoms with E-state index >= 15 is 0 Å². The highest BCUT2D eigenvalue weighted by molar-refractivity contribution is 8.18. The lowest BCUT2D eigenvalue weighted by atomic mass is 10.1. The lowest BCUT2D eigenvalue weighted by molar-refractivity contribution is -0.123. The third-order valence-electron chi connectivity index (χ3n) is 5.97. The summed E-state index contributed by atoms with van der Waals surface area (Å²) in [5.74, 6) is -1.03. The standard InChI is InChI=1S/C27H20F2N2O2S/c1-17-22(14-25-26(32)31(27(33)34-25)15-18-10-12-20(28)13-11-18)21-7-3-5-9-24(21)30(17)16-19-6-2-4-8-23(19)29/h2-14H,15-16H2,1H3/b25-14-. The van der Waals surface area contributed by atoms with Gasteiger partial charge in [-0.2, -0.15) is 0 Å². The summed E-state index contributed by atoms with van der Waals surface area (Å²) in [7, 11) is 0. The van der Waals surface area contributed by atoms with Crippen LogP contribution in [0.15, 0.2) is 77.7 Å². The van der Waals surface area contributed by atoms with Gasteiger partial charge < -0.3 is 4.57 Å². The molecule has 2 heterocycles. The summed E-state index contributed by atoms with van der Waals surface area (Å²) in [6, 6.07) is 20.1. The number of amides is 2. The van der Waals surface area contributed by atoms with Crippen molar-refractivity contribution in [3.8, 4) is 0 Å². The van der Waals surface area contributed by atoms with Crippen LogP contribution in [-0.2, 0) is 17.9 Å². The van der Waals surface area contributed by atoms with E-state index in [1.807, 2.05) is 35.8 Å². The van der Waals surface area contributed by atoms with Crippen LogP contribution in [0.25, 0.3) is 17.0 Å². The Morgan fingerprint density at radius 1 is 0.882 bits per heavy atom. The van der Waals surface area contributed by atoms with E-state index in [0.29, 0.717) is 22.6 Å². The fourth-order valence-electron chi connectivity index (χ4n) is 4.18. The highest BCUT2D eigenvalue weighted by Crippen LogP contribution is 2.36. The summed E-state index contributed by atoms with van der Waals surface area (Å²) in [5.41, 5.74) is 3.84. The second-order valence-corrected chi connectivity index (χ2v) is 9.08. The first kappa shape index (κ1) is 22.1. The Hall–Kier alpha value is -3.71. The lowest BCUT2D eigenvalue weighted by Gasteiger charge is -2.12. The quantitative estimate of drug-likeness (QED) is 0.310. The number of carbonyl (C=O) groups is 2. The molecule has 1 fully saturated rings. The summed E-state index contributed by atoms with van der Waals surface area (Å²) in [5, 5.41) is 0.551. The number of hydrogen-bond donors (Lipinski definition) is 0. The molecule has 0 bridgehead atoms. The molecule has 0 atom stereocenters. The van der Waals surface area contributed by atoms with Gasteiger partial charge in [-0.05, 0) is 54.6 Å². The molecule has 0 radical (unpaired) electrons. The summed E-state index contributed by atoms with van der Waals surface area (Å²) < 4.78 is 29.6. The predicted octanol–water partition coefficient (Wildman–Crippen LogP) is 6.51. The molecule has 5 rings (SSSR count). The van der Waals surface area contributed by atoms with Crippen LogP contribution in [0, 0.1) is 18.6 Å². The van der Waals surface area contributed by atoms with Crippen molar-refractivity contribution in [3.05, 3.63) is 112 Å². The zero-order valence-corrected chi connectivity index (χ0v) is 19.1. The SMILES string of the molecule is Cc1c(/C=C2\SC(=O)N(Cc3ccc(F)cc3)C2=O)c2ccccc2n1Cc1ccccc1F. The Morgan fingerprint density at radius 2 is 1.59 bits per heavy atom. The molecule has 170 valence electrons. The Balaban J connectivity index is 1.51.